The molecule has 190 valence electrons. The lowest BCUT2D eigenvalue weighted by Crippen LogP contribution is -2.57. The van der Waals surface area contributed by atoms with E-state index in [1.165, 1.54) is 24.3 Å². The topological polar surface area (TPSA) is 217 Å². The predicted molar refractivity (Wildman–Crippen MR) is 127 cm³/mol. The van der Waals surface area contributed by atoms with Gasteiger partial charge < -0.3 is 36.9 Å². The highest BCUT2D eigenvalue weighted by atomic mass is 32.2. The number of aromatic nitrogens is 2. The summed E-state index contributed by atoms with van der Waals surface area (Å²) in [7, 11) is 0. The van der Waals surface area contributed by atoms with Crippen LogP contribution in [0.4, 0.5) is 0 Å². The minimum absolute atomic E-state index is 0.00473. The Morgan fingerprint density at radius 3 is 2.15 bits per heavy atom. The highest BCUT2D eigenvalue weighted by Crippen LogP contribution is 2.06. The van der Waals surface area contributed by atoms with E-state index in [4.69, 9.17) is 10.8 Å². The van der Waals surface area contributed by atoms with Crippen molar-refractivity contribution in [3.63, 3.8) is 0 Å². The number of carbonyl (C=O) groups excluding carboxylic acids is 3. The van der Waals surface area contributed by atoms with E-state index in [0.717, 1.165) is 0 Å². The summed E-state index contributed by atoms with van der Waals surface area (Å²) in [5, 5.41) is 25.7. The number of aliphatic carboxylic acids is 2. The minimum atomic E-state index is -1.28. The van der Waals surface area contributed by atoms with Gasteiger partial charge in [-0.2, -0.15) is 24.4 Å². The molecule has 1 heterocycles. The Bertz CT molecular complexity index is 839. The number of amides is 3. The van der Waals surface area contributed by atoms with Crippen molar-refractivity contribution in [3.05, 3.63) is 18.2 Å². The van der Waals surface area contributed by atoms with Crippen molar-refractivity contribution in [2.75, 3.05) is 17.8 Å². The number of nitrogens with zero attached hydrogens (tertiary/aromatic N) is 1. The zero-order chi connectivity index (χ0) is 25.7. The van der Waals surface area contributed by atoms with Gasteiger partial charge in [-0.25, -0.2) is 9.78 Å². The Labute approximate surface area is 205 Å². The third-order valence-corrected chi connectivity index (χ3v) is 5.69. The van der Waals surface area contributed by atoms with Gasteiger partial charge in [-0.1, -0.05) is 0 Å². The summed E-state index contributed by atoms with van der Waals surface area (Å²) in [4.78, 5) is 67.0. The fraction of sp³-hybridized carbons (Fsp3) is 0.579. The molecular weight excluding hydrogens is 488 g/mol. The number of carbonyl (C=O) groups is 5. The van der Waals surface area contributed by atoms with E-state index in [2.05, 4.69) is 38.5 Å². The zero-order valence-corrected chi connectivity index (χ0v) is 20.2. The van der Waals surface area contributed by atoms with Crippen LogP contribution >= 0.6 is 24.4 Å². The van der Waals surface area contributed by atoms with Crippen molar-refractivity contribution >= 4 is 54.1 Å². The zero-order valence-electron chi connectivity index (χ0n) is 18.5. The lowest BCUT2D eigenvalue weighted by molar-refractivity contribution is -0.142. The van der Waals surface area contributed by atoms with Gasteiger partial charge in [-0.15, -0.1) is 0 Å². The summed E-state index contributed by atoms with van der Waals surface area (Å²) < 4.78 is 0. The summed E-state index contributed by atoms with van der Waals surface area (Å²) in [5.74, 6) is -4.20. The third-order valence-electron chi connectivity index (χ3n) is 4.65. The first-order valence-electron chi connectivity index (χ1n) is 10.3. The van der Waals surface area contributed by atoms with Crippen LogP contribution in [0.15, 0.2) is 12.5 Å². The number of hydrogen-bond acceptors (Lipinski definition) is 9. The summed E-state index contributed by atoms with van der Waals surface area (Å²) >= 11 is 5.33. The van der Waals surface area contributed by atoms with E-state index in [-0.39, 0.29) is 25.0 Å². The van der Waals surface area contributed by atoms with Crippen LogP contribution in [-0.2, 0) is 30.4 Å². The van der Waals surface area contributed by atoms with Gasteiger partial charge in [0.25, 0.3) is 0 Å². The number of aromatic amines is 1. The van der Waals surface area contributed by atoms with E-state index in [9.17, 15) is 29.1 Å². The fourth-order valence-electron chi connectivity index (χ4n) is 2.76. The Kier molecular flexibility index (Phi) is 13.1. The van der Waals surface area contributed by atoms with Crippen LogP contribution < -0.4 is 21.7 Å². The van der Waals surface area contributed by atoms with Gasteiger partial charge >= 0.3 is 11.9 Å². The van der Waals surface area contributed by atoms with Gasteiger partial charge in [-0.05, 0) is 24.9 Å². The molecule has 3 amide bonds. The lowest BCUT2D eigenvalue weighted by Gasteiger charge is -2.25. The Morgan fingerprint density at radius 2 is 1.65 bits per heavy atom. The number of carboxylic acids is 2. The van der Waals surface area contributed by atoms with Crippen molar-refractivity contribution < 1.29 is 34.2 Å². The molecule has 0 bridgehead atoms. The van der Waals surface area contributed by atoms with Gasteiger partial charge in [0.2, 0.25) is 17.7 Å². The summed E-state index contributed by atoms with van der Waals surface area (Å²) in [6.07, 6.45) is 4.07. The Hall–Kier alpha value is -2.78. The standard InChI is InChI=1S/C19H30N6O7S2/c1-34-5-4-13(18(30)25-14(19(31)32)6-10-7-21-9-22-10)24-17(29)12(2-3-15(26)27)23-16(28)11(20)8-33/h7,9,11-14,33H,2-6,8,20H2,1H3,(H,21,22)(H,23,28)(H,24,29)(H,25,30)(H,26,27)(H,31,32). The van der Waals surface area contributed by atoms with E-state index in [0.29, 0.717) is 11.4 Å². The smallest absolute Gasteiger partial charge is 0.326 e. The molecule has 0 aromatic carbocycles. The maximum atomic E-state index is 12.9. The first kappa shape index (κ1) is 29.3. The largest absolute Gasteiger partial charge is 0.481 e. The van der Waals surface area contributed by atoms with Crippen molar-refractivity contribution in [1.29, 1.82) is 0 Å². The second-order valence-electron chi connectivity index (χ2n) is 7.31. The Morgan fingerprint density at radius 1 is 1.06 bits per heavy atom. The minimum Gasteiger partial charge on any atom is -0.481 e. The van der Waals surface area contributed by atoms with Crippen LogP contribution in [0.2, 0.25) is 0 Å². The number of nitrogens with two attached hydrogens (primary N) is 1. The predicted octanol–water partition coefficient (Wildman–Crippen LogP) is -1.63. The van der Waals surface area contributed by atoms with Crippen LogP contribution in [0.3, 0.4) is 0 Å². The first-order chi connectivity index (χ1) is 16.1. The average molecular weight is 519 g/mol. The monoisotopic (exact) mass is 518 g/mol. The summed E-state index contributed by atoms with van der Waals surface area (Å²) in [5.41, 5.74) is 6.10. The molecule has 1 rings (SSSR count). The van der Waals surface area contributed by atoms with Crippen molar-refractivity contribution in [1.82, 2.24) is 25.9 Å². The number of thioether (sulfide) groups is 1. The molecule has 0 aliphatic carbocycles. The number of thiol groups is 1. The van der Waals surface area contributed by atoms with Gasteiger partial charge in [-0.3, -0.25) is 19.2 Å². The molecule has 4 atom stereocenters. The third kappa shape index (κ3) is 10.4. The maximum absolute atomic E-state index is 12.9. The highest BCUT2D eigenvalue weighted by molar-refractivity contribution is 7.98. The van der Waals surface area contributed by atoms with Crippen LogP contribution in [0.25, 0.3) is 0 Å². The van der Waals surface area contributed by atoms with Crippen molar-refractivity contribution in [3.8, 4) is 0 Å². The van der Waals surface area contributed by atoms with E-state index in [1.807, 2.05) is 0 Å². The molecule has 0 aliphatic heterocycles. The van der Waals surface area contributed by atoms with Gasteiger partial charge in [0.1, 0.15) is 18.1 Å². The van der Waals surface area contributed by atoms with E-state index < -0.39 is 60.2 Å². The number of carboxylic acid groups (broad SMARTS) is 2. The molecule has 0 radical (unpaired) electrons. The average Bonchev–Trinajstić information content (AvgIpc) is 3.30. The fourth-order valence-corrected chi connectivity index (χ4v) is 3.40. The SMILES string of the molecule is CSCCC(NC(=O)C(CCC(=O)O)NC(=O)C(N)CS)C(=O)NC(Cc1cnc[nH]1)C(=O)O. The number of imidazole rings is 1. The summed E-state index contributed by atoms with van der Waals surface area (Å²) in [6.45, 7) is 0. The lowest BCUT2D eigenvalue weighted by atomic mass is 10.1. The van der Waals surface area contributed by atoms with E-state index >= 15 is 0 Å². The molecular formula is C19H30N6O7S2. The number of H-pyrrole nitrogens is 1. The molecule has 0 aliphatic rings. The molecule has 15 heteroatoms. The van der Waals surface area contributed by atoms with Crippen molar-refractivity contribution in [2.45, 2.75) is 49.9 Å². The van der Waals surface area contributed by atoms with E-state index in [1.54, 1.807) is 6.26 Å². The number of hydrogen-bond donors (Lipinski definition) is 8. The Balaban J connectivity index is 2.96. The summed E-state index contributed by atoms with van der Waals surface area (Å²) in [6, 6.07) is -4.68. The molecule has 1 aromatic heterocycles. The molecule has 0 saturated carbocycles. The van der Waals surface area contributed by atoms with Gasteiger partial charge in [0, 0.05) is 30.5 Å². The molecule has 34 heavy (non-hydrogen) atoms. The molecule has 8 N–H and O–H groups in total. The highest BCUT2D eigenvalue weighted by Gasteiger charge is 2.30. The second kappa shape index (κ2) is 15.2. The van der Waals surface area contributed by atoms with Gasteiger partial charge in [0.15, 0.2) is 0 Å². The molecule has 0 saturated heterocycles. The molecule has 1 aromatic rings. The molecule has 0 spiro atoms. The second-order valence-corrected chi connectivity index (χ2v) is 8.66. The molecule has 0 fully saturated rings. The molecule has 13 nitrogen and oxygen atoms in total. The van der Waals surface area contributed by atoms with Crippen LogP contribution in [0.5, 0.6) is 0 Å². The normalized spacial score (nSPS) is 14.3. The number of rotatable bonds is 16. The van der Waals surface area contributed by atoms with Crippen molar-refractivity contribution in [2.24, 2.45) is 5.73 Å². The van der Waals surface area contributed by atoms with Crippen LogP contribution in [-0.4, -0.2) is 91.8 Å². The maximum Gasteiger partial charge on any atom is 0.326 e. The molecule has 4 unspecified atom stereocenters. The first-order valence-corrected chi connectivity index (χ1v) is 12.3. The van der Waals surface area contributed by atoms with Crippen LogP contribution in [0.1, 0.15) is 25.0 Å². The quantitative estimate of drug-likeness (QED) is 0.117. The van der Waals surface area contributed by atoms with Gasteiger partial charge in [0.05, 0.1) is 12.4 Å². The van der Waals surface area contributed by atoms with Crippen LogP contribution in [0, 0.1) is 0 Å². The number of nitrogens with one attached hydrogen (secondary N) is 4.